The Morgan fingerprint density at radius 1 is 1.23 bits per heavy atom. The molecule has 1 aromatic carbocycles. The molecule has 1 aliphatic heterocycles. The zero-order valence-corrected chi connectivity index (χ0v) is 18.3. The Morgan fingerprint density at radius 3 is 2.67 bits per heavy atom. The Morgan fingerprint density at radius 2 is 2.00 bits per heavy atom. The van der Waals surface area contributed by atoms with E-state index >= 15 is 0 Å². The van der Waals surface area contributed by atoms with Gasteiger partial charge in [0.2, 0.25) is 5.91 Å². The number of piperidine rings is 1. The summed E-state index contributed by atoms with van der Waals surface area (Å²) in [6, 6.07) is 9.82. The number of rotatable bonds is 8. The van der Waals surface area contributed by atoms with Crippen LogP contribution in [0.1, 0.15) is 59.9 Å². The van der Waals surface area contributed by atoms with E-state index in [-0.39, 0.29) is 17.7 Å². The fourth-order valence-corrected chi connectivity index (χ4v) is 3.86. The molecule has 2 aromatic rings. The van der Waals surface area contributed by atoms with Gasteiger partial charge in [-0.15, -0.1) is 0 Å². The molecular formula is C24H33N3O3. The molecule has 2 heterocycles. The second-order valence-corrected chi connectivity index (χ2v) is 8.16. The summed E-state index contributed by atoms with van der Waals surface area (Å²) in [6.07, 6.45) is 3.80. The first-order valence-corrected chi connectivity index (χ1v) is 10.9. The van der Waals surface area contributed by atoms with Crippen molar-refractivity contribution in [1.82, 2.24) is 15.2 Å². The van der Waals surface area contributed by atoms with Crippen LogP contribution in [0, 0.1) is 19.8 Å². The van der Waals surface area contributed by atoms with Crippen molar-refractivity contribution in [2.45, 2.75) is 53.0 Å². The highest BCUT2D eigenvalue weighted by Crippen LogP contribution is 2.21. The molecule has 6 nitrogen and oxygen atoms in total. The number of ether oxygens (including phenoxy) is 1. The van der Waals surface area contributed by atoms with Crippen LogP contribution >= 0.6 is 0 Å². The molecule has 1 saturated heterocycles. The maximum Gasteiger partial charge on any atom is 0.270 e. The largest absolute Gasteiger partial charge is 0.494 e. The van der Waals surface area contributed by atoms with Gasteiger partial charge in [-0.2, -0.15) is 0 Å². The minimum absolute atomic E-state index is 0.00941. The van der Waals surface area contributed by atoms with Gasteiger partial charge in [0.15, 0.2) is 0 Å². The third kappa shape index (κ3) is 5.65. The summed E-state index contributed by atoms with van der Waals surface area (Å²) in [5.74, 6) is 0.678. The number of amides is 2. The number of aromatic nitrogens is 1. The highest BCUT2D eigenvalue weighted by Gasteiger charge is 2.29. The second-order valence-electron chi connectivity index (χ2n) is 8.16. The second kappa shape index (κ2) is 10.3. The van der Waals surface area contributed by atoms with E-state index in [1.165, 1.54) is 0 Å². The normalized spacial score (nSPS) is 16.4. The van der Waals surface area contributed by atoms with Gasteiger partial charge in [-0.1, -0.05) is 25.5 Å². The Hall–Kier alpha value is -2.76. The Balaban J connectivity index is 1.50. The molecule has 2 amide bonds. The minimum Gasteiger partial charge on any atom is -0.494 e. The maximum atomic E-state index is 12.9. The molecule has 6 heteroatoms. The summed E-state index contributed by atoms with van der Waals surface area (Å²) in [6.45, 7) is 8.38. The molecule has 2 N–H and O–H groups in total. The highest BCUT2D eigenvalue weighted by atomic mass is 16.5. The van der Waals surface area contributed by atoms with Gasteiger partial charge in [-0.25, -0.2) is 0 Å². The molecule has 0 aliphatic carbocycles. The Kier molecular flexibility index (Phi) is 7.55. The summed E-state index contributed by atoms with van der Waals surface area (Å²) in [7, 11) is 0. The number of aromatic amines is 1. The number of benzene rings is 1. The first-order chi connectivity index (χ1) is 14.5. The average Bonchev–Trinajstić information content (AvgIpc) is 3.10. The lowest BCUT2D eigenvalue weighted by atomic mass is 9.96. The molecule has 30 heavy (non-hydrogen) atoms. The highest BCUT2D eigenvalue weighted by molar-refractivity contribution is 5.94. The molecule has 0 bridgehead atoms. The summed E-state index contributed by atoms with van der Waals surface area (Å²) < 4.78 is 5.68. The molecule has 0 radical (unpaired) electrons. The molecule has 1 atom stereocenters. The van der Waals surface area contributed by atoms with Crippen LogP contribution in [0.5, 0.6) is 5.75 Å². The van der Waals surface area contributed by atoms with E-state index in [1.54, 1.807) is 4.90 Å². The molecule has 162 valence electrons. The number of unbranched alkanes of at least 4 members (excludes halogenated alkanes) is 1. The van der Waals surface area contributed by atoms with Gasteiger partial charge in [-0.05, 0) is 62.4 Å². The third-order valence-electron chi connectivity index (χ3n) is 5.60. The smallest absolute Gasteiger partial charge is 0.270 e. The van der Waals surface area contributed by atoms with Gasteiger partial charge in [0.1, 0.15) is 11.4 Å². The van der Waals surface area contributed by atoms with E-state index in [9.17, 15) is 9.59 Å². The molecule has 3 rings (SSSR count). The molecule has 0 unspecified atom stereocenters. The molecule has 1 aliphatic rings. The summed E-state index contributed by atoms with van der Waals surface area (Å²) in [4.78, 5) is 30.5. The first-order valence-electron chi connectivity index (χ1n) is 10.9. The average molecular weight is 412 g/mol. The van der Waals surface area contributed by atoms with Crippen LogP contribution < -0.4 is 10.1 Å². The SMILES string of the molecule is CCCCOc1ccc(CNC(=O)[C@H]2CCCN(C(=O)c3[nH]c(C)cc3C)C2)cc1. The van der Waals surface area contributed by atoms with Crippen LogP contribution in [-0.2, 0) is 11.3 Å². The van der Waals surface area contributed by atoms with Crippen LogP contribution in [0.15, 0.2) is 30.3 Å². The quantitative estimate of drug-likeness (QED) is 0.645. The van der Waals surface area contributed by atoms with E-state index < -0.39 is 0 Å². The van der Waals surface area contributed by atoms with Crippen LogP contribution in [-0.4, -0.2) is 41.4 Å². The monoisotopic (exact) mass is 411 g/mol. The van der Waals surface area contributed by atoms with E-state index in [2.05, 4.69) is 17.2 Å². The number of H-pyrrole nitrogens is 1. The van der Waals surface area contributed by atoms with Gasteiger partial charge in [0.05, 0.1) is 12.5 Å². The zero-order chi connectivity index (χ0) is 21.5. The van der Waals surface area contributed by atoms with Crippen molar-refractivity contribution in [2.75, 3.05) is 19.7 Å². The predicted molar refractivity (Wildman–Crippen MR) is 118 cm³/mol. The number of aryl methyl sites for hydroxylation is 2. The lowest BCUT2D eigenvalue weighted by molar-refractivity contribution is -0.126. The lowest BCUT2D eigenvalue weighted by Gasteiger charge is -2.32. The van der Waals surface area contributed by atoms with E-state index in [1.807, 2.05) is 44.2 Å². The van der Waals surface area contributed by atoms with Crippen molar-refractivity contribution in [2.24, 2.45) is 5.92 Å². The van der Waals surface area contributed by atoms with Crippen molar-refractivity contribution in [3.63, 3.8) is 0 Å². The molecule has 0 saturated carbocycles. The van der Waals surface area contributed by atoms with E-state index in [4.69, 9.17) is 4.74 Å². The van der Waals surface area contributed by atoms with Crippen LogP contribution in [0.25, 0.3) is 0 Å². The summed E-state index contributed by atoms with van der Waals surface area (Å²) in [5, 5.41) is 3.03. The van der Waals surface area contributed by atoms with Gasteiger partial charge in [0, 0.05) is 25.3 Å². The van der Waals surface area contributed by atoms with Gasteiger partial charge in [-0.3, -0.25) is 9.59 Å². The van der Waals surface area contributed by atoms with Gasteiger partial charge >= 0.3 is 0 Å². The van der Waals surface area contributed by atoms with Crippen molar-refractivity contribution in [3.8, 4) is 5.75 Å². The van der Waals surface area contributed by atoms with Crippen molar-refractivity contribution in [3.05, 3.63) is 52.8 Å². The predicted octanol–water partition coefficient (Wildman–Crippen LogP) is 3.98. The van der Waals surface area contributed by atoms with Crippen molar-refractivity contribution in [1.29, 1.82) is 0 Å². The number of nitrogens with zero attached hydrogens (tertiary/aromatic N) is 1. The van der Waals surface area contributed by atoms with Crippen molar-refractivity contribution >= 4 is 11.8 Å². The van der Waals surface area contributed by atoms with Crippen LogP contribution in [0.2, 0.25) is 0 Å². The molecule has 1 aromatic heterocycles. The van der Waals surface area contributed by atoms with Crippen LogP contribution in [0.4, 0.5) is 0 Å². The van der Waals surface area contributed by atoms with E-state index in [0.717, 1.165) is 54.9 Å². The number of hydrogen-bond acceptors (Lipinski definition) is 3. The molecule has 0 spiro atoms. The molecular weight excluding hydrogens is 378 g/mol. The Labute approximate surface area is 179 Å². The number of hydrogen-bond donors (Lipinski definition) is 2. The fourth-order valence-electron chi connectivity index (χ4n) is 3.86. The number of carbonyl (C=O) groups is 2. The standard InChI is InChI=1S/C24H33N3O3/c1-4-5-13-30-21-10-8-19(9-11-21)15-25-23(28)20-7-6-12-27(16-20)24(29)22-17(2)14-18(3)26-22/h8-11,14,20,26H,4-7,12-13,15-16H2,1-3H3,(H,25,28)/t20-/m0/s1. The number of likely N-dealkylation sites (tertiary alicyclic amines) is 1. The van der Waals surface area contributed by atoms with Gasteiger partial charge < -0.3 is 19.9 Å². The maximum absolute atomic E-state index is 12.9. The molecule has 1 fully saturated rings. The van der Waals surface area contributed by atoms with Crippen LogP contribution in [0.3, 0.4) is 0 Å². The number of carbonyl (C=O) groups excluding carboxylic acids is 2. The topological polar surface area (TPSA) is 74.4 Å². The minimum atomic E-state index is -0.171. The number of nitrogens with one attached hydrogen (secondary N) is 2. The summed E-state index contributed by atoms with van der Waals surface area (Å²) in [5.41, 5.74) is 3.59. The first kappa shape index (κ1) is 21.9. The summed E-state index contributed by atoms with van der Waals surface area (Å²) >= 11 is 0. The van der Waals surface area contributed by atoms with Crippen molar-refractivity contribution < 1.29 is 14.3 Å². The fraction of sp³-hybridized carbons (Fsp3) is 0.500. The Bertz CT molecular complexity index is 857. The third-order valence-corrected chi connectivity index (χ3v) is 5.60. The van der Waals surface area contributed by atoms with Gasteiger partial charge in [0.25, 0.3) is 5.91 Å². The van der Waals surface area contributed by atoms with E-state index in [0.29, 0.717) is 25.3 Å². The lowest BCUT2D eigenvalue weighted by Crippen LogP contribution is -2.45. The zero-order valence-electron chi connectivity index (χ0n) is 18.3.